The zero-order valence-corrected chi connectivity index (χ0v) is 12.9. The van der Waals surface area contributed by atoms with Gasteiger partial charge in [0.15, 0.2) is 0 Å². The minimum atomic E-state index is 0.0438. The minimum Gasteiger partial charge on any atom is -0.396 e. The van der Waals surface area contributed by atoms with E-state index in [1.165, 1.54) is 0 Å². The van der Waals surface area contributed by atoms with Gasteiger partial charge in [-0.05, 0) is 51.7 Å². The SMILES string of the molecule is CC(C)Nc1cc(C(=O)N2CCCCC2CCO)ccn1. The molecule has 116 valence electrons. The predicted octanol–water partition coefficient (Wildman–Crippen LogP) is 2.28. The molecule has 1 amide bonds. The summed E-state index contributed by atoms with van der Waals surface area (Å²) >= 11 is 0. The van der Waals surface area contributed by atoms with E-state index in [2.05, 4.69) is 10.3 Å². The Labute approximate surface area is 126 Å². The van der Waals surface area contributed by atoms with E-state index in [-0.39, 0.29) is 24.6 Å². The molecule has 1 saturated heterocycles. The number of carbonyl (C=O) groups is 1. The fourth-order valence-electron chi connectivity index (χ4n) is 2.82. The van der Waals surface area contributed by atoms with Gasteiger partial charge < -0.3 is 15.3 Å². The third kappa shape index (κ3) is 4.17. The highest BCUT2D eigenvalue weighted by Gasteiger charge is 2.27. The van der Waals surface area contributed by atoms with Gasteiger partial charge in [0.1, 0.15) is 5.82 Å². The van der Waals surface area contributed by atoms with E-state index >= 15 is 0 Å². The molecule has 2 heterocycles. The van der Waals surface area contributed by atoms with Crippen molar-refractivity contribution >= 4 is 11.7 Å². The maximum Gasteiger partial charge on any atom is 0.254 e. The summed E-state index contributed by atoms with van der Waals surface area (Å²) in [5.41, 5.74) is 0.665. The van der Waals surface area contributed by atoms with Crippen LogP contribution in [0.15, 0.2) is 18.3 Å². The van der Waals surface area contributed by atoms with Gasteiger partial charge in [0.05, 0.1) is 0 Å². The van der Waals surface area contributed by atoms with Gasteiger partial charge in [-0.25, -0.2) is 4.98 Å². The zero-order chi connectivity index (χ0) is 15.2. The standard InChI is InChI=1S/C16H25N3O2/c1-12(2)18-15-11-13(6-8-17-15)16(21)19-9-4-3-5-14(19)7-10-20/h6,8,11-12,14,20H,3-5,7,9-10H2,1-2H3,(H,17,18). The van der Waals surface area contributed by atoms with Gasteiger partial charge in [-0.2, -0.15) is 0 Å². The monoisotopic (exact) mass is 291 g/mol. The van der Waals surface area contributed by atoms with Crippen LogP contribution in [0.25, 0.3) is 0 Å². The average Bonchev–Trinajstić information content (AvgIpc) is 2.47. The molecule has 1 fully saturated rings. The van der Waals surface area contributed by atoms with Gasteiger partial charge in [0, 0.05) is 37.0 Å². The van der Waals surface area contributed by atoms with Crippen LogP contribution in [-0.2, 0) is 0 Å². The number of piperidine rings is 1. The molecular formula is C16H25N3O2. The lowest BCUT2D eigenvalue weighted by molar-refractivity contribution is 0.0574. The Morgan fingerprint density at radius 3 is 3.05 bits per heavy atom. The van der Waals surface area contributed by atoms with E-state index in [4.69, 9.17) is 0 Å². The molecule has 1 unspecified atom stereocenters. The quantitative estimate of drug-likeness (QED) is 0.873. The highest BCUT2D eigenvalue weighted by molar-refractivity contribution is 5.95. The smallest absolute Gasteiger partial charge is 0.254 e. The van der Waals surface area contributed by atoms with E-state index in [0.29, 0.717) is 12.0 Å². The molecule has 21 heavy (non-hydrogen) atoms. The number of aromatic nitrogens is 1. The van der Waals surface area contributed by atoms with Crippen LogP contribution in [0.2, 0.25) is 0 Å². The van der Waals surface area contributed by atoms with E-state index < -0.39 is 0 Å². The Bertz CT molecular complexity index is 474. The first kappa shape index (κ1) is 15.8. The maximum absolute atomic E-state index is 12.7. The summed E-state index contributed by atoms with van der Waals surface area (Å²) in [6.07, 6.45) is 5.48. The lowest BCUT2D eigenvalue weighted by Crippen LogP contribution is -2.44. The van der Waals surface area contributed by atoms with Crippen molar-refractivity contribution in [1.29, 1.82) is 0 Å². The average molecular weight is 291 g/mol. The second-order valence-electron chi connectivity index (χ2n) is 5.89. The van der Waals surface area contributed by atoms with Gasteiger partial charge in [-0.3, -0.25) is 4.79 Å². The van der Waals surface area contributed by atoms with Gasteiger partial charge in [-0.15, -0.1) is 0 Å². The fourth-order valence-corrected chi connectivity index (χ4v) is 2.82. The van der Waals surface area contributed by atoms with Crippen LogP contribution in [0.1, 0.15) is 49.9 Å². The largest absolute Gasteiger partial charge is 0.396 e. The number of hydrogen-bond donors (Lipinski definition) is 2. The van der Waals surface area contributed by atoms with Crippen molar-refractivity contribution in [1.82, 2.24) is 9.88 Å². The van der Waals surface area contributed by atoms with Crippen LogP contribution < -0.4 is 5.32 Å². The molecule has 0 aliphatic carbocycles. The lowest BCUT2D eigenvalue weighted by atomic mass is 9.98. The van der Waals surface area contributed by atoms with Crippen LogP contribution in [0.4, 0.5) is 5.82 Å². The number of aliphatic hydroxyl groups is 1. The molecule has 1 aliphatic heterocycles. The van der Waals surface area contributed by atoms with E-state index in [1.54, 1.807) is 12.3 Å². The van der Waals surface area contributed by atoms with Gasteiger partial charge in [-0.1, -0.05) is 0 Å². The number of hydrogen-bond acceptors (Lipinski definition) is 4. The summed E-state index contributed by atoms with van der Waals surface area (Å²) in [5, 5.41) is 12.4. The molecule has 0 radical (unpaired) electrons. The summed E-state index contributed by atoms with van der Waals surface area (Å²) in [7, 11) is 0. The highest BCUT2D eigenvalue weighted by atomic mass is 16.3. The molecule has 1 aromatic rings. The number of nitrogens with zero attached hydrogens (tertiary/aromatic N) is 2. The first-order valence-corrected chi connectivity index (χ1v) is 7.76. The van der Waals surface area contributed by atoms with Crippen LogP contribution in [0.5, 0.6) is 0 Å². The summed E-state index contributed by atoms with van der Waals surface area (Å²) in [5.74, 6) is 0.772. The summed E-state index contributed by atoms with van der Waals surface area (Å²) in [4.78, 5) is 18.9. The van der Waals surface area contributed by atoms with Crippen molar-refractivity contribution in [2.24, 2.45) is 0 Å². The molecule has 0 aromatic carbocycles. The van der Waals surface area contributed by atoms with Crippen molar-refractivity contribution in [3.05, 3.63) is 23.9 Å². The molecule has 5 heteroatoms. The van der Waals surface area contributed by atoms with Crippen molar-refractivity contribution in [3.8, 4) is 0 Å². The lowest BCUT2D eigenvalue weighted by Gasteiger charge is -2.35. The van der Waals surface area contributed by atoms with Crippen LogP contribution in [0, 0.1) is 0 Å². The highest BCUT2D eigenvalue weighted by Crippen LogP contribution is 2.22. The Balaban J connectivity index is 2.14. The first-order chi connectivity index (χ1) is 10.1. The number of nitrogens with one attached hydrogen (secondary N) is 1. The fraction of sp³-hybridized carbons (Fsp3) is 0.625. The van der Waals surface area contributed by atoms with Gasteiger partial charge >= 0.3 is 0 Å². The molecule has 1 aliphatic rings. The molecule has 2 N–H and O–H groups in total. The van der Waals surface area contributed by atoms with Gasteiger partial charge in [0.2, 0.25) is 0 Å². The van der Waals surface area contributed by atoms with Gasteiger partial charge in [0.25, 0.3) is 5.91 Å². The summed E-state index contributed by atoms with van der Waals surface area (Å²) in [6.45, 7) is 4.99. The Hall–Kier alpha value is -1.62. The zero-order valence-electron chi connectivity index (χ0n) is 12.9. The van der Waals surface area contributed by atoms with Crippen molar-refractivity contribution in [3.63, 3.8) is 0 Å². The predicted molar refractivity (Wildman–Crippen MR) is 83.4 cm³/mol. The number of likely N-dealkylation sites (tertiary alicyclic amines) is 1. The number of rotatable bonds is 5. The molecule has 5 nitrogen and oxygen atoms in total. The third-order valence-corrected chi connectivity index (χ3v) is 3.79. The minimum absolute atomic E-state index is 0.0438. The third-order valence-electron chi connectivity index (χ3n) is 3.79. The Kier molecular flexibility index (Phi) is 5.56. The number of carbonyl (C=O) groups excluding carboxylic acids is 1. The molecule has 2 rings (SSSR count). The van der Waals surface area contributed by atoms with E-state index in [0.717, 1.165) is 31.6 Å². The normalized spacial score (nSPS) is 18.9. The topological polar surface area (TPSA) is 65.5 Å². The molecular weight excluding hydrogens is 266 g/mol. The first-order valence-electron chi connectivity index (χ1n) is 7.76. The van der Waals surface area contributed by atoms with Crippen LogP contribution in [0.3, 0.4) is 0 Å². The number of pyridine rings is 1. The van der Waals surface area contributed by atoms with E-state index in [1.807, 2.05) is 24.8 Å². The van der Waals surface area contributed by atoms with E-state index in [9.17, 15) is 9.90 Å². The van der Waals surface area contributed by atoms with Crippen LogP contribution in [-0.4, -0.2) is 46.1 Å². The number of anilines is 1. The molecule has 1 atom stereocenters. The summed E-state index contributed by atoms with van der Waals surface area (Å²) < 4.78 is 0. The second-order valence-corrected chi connectivity index (χ2v) is 5.89. The van der Waals surface area contributed by atoms with Crippen molar-refractivity contribution < 1.29 is 9.90 Å². The maximum atomic E-state index is 12.7. The van der Waals surface area contributed by atoms with Crippen LogP contribution >= 0.6 is 0 Å². The Morgan fingerprint density at radius 1 is 1.52 bits per heavy atom. The molecule has 0 spiro atoms. The summed E-state index contributed by atoms with van der Waals surface area (Å²) in [6, 6.07) is 4.01. The molecule has 1 aromatic heterocycles. The Morgan fingerprint density at radius 2 is 2.33 bits per heavy atom. The molecule has 0 saturated carbocycles. The second kappa shape index (κ2) is 7.41. The van der Waals surface area contributed by atoms with Crippen molar-refractivity contribution in [2.75, 3.05) is 18.5 Å². The van der Waals surface area contributed by atoms with Crippen molar-refractivity contribution in [2.45, 2.75) is 51.6 Å². The number of aliphatic hydroxyl groups excluding tert-OH is 1. The molecule has 0 bridgehead atoms. The number of amides is 1.